The molecular formula is C6H7BClNO2. The summed E-state index contributed by atoms with van der Waals surface area (Å²) in [5.41, 5.74) is 1.11. The van der Waals surface area contributed by atoms with Crippen molar-refractivity contribution >= 4 is 24.2 Å². The largest absolute Gasteiger partial charge is 0.488 e. The lowest BCUT2D eigenvalue weighted by Crippen LogP contribution is -2.32. The first kappa shape index (κ1) is 8.52. The van der Waals surface area contributed by atoms with Crippen molar-refractivity contribution in [3.63, 3.8) is 0 Å². The van der Waals surface area contributed by atoms with Crippen molar-refractivity contribution in [1.29, 1.82) is 0 Å². The summed E-state index contributed by atoms with van der Waals surface area (Å²) in [6.07, 6.45) is 1.50. The molecule has 3 nitrogen and oxygen atoms in total. The van der Waals surface area contributed by atoms with Gasteiger partial charge in [0.2, 0.25) is 0 Å². The van der Waals surface area contributed by atoms with E-state index < -0.39 is 7.12 Å². The Morgan fingerprint density at radius 1 is 1.55 bits per heavy atom. The molecule has 0 bridgehead atoms. The quantitative estimate of drug-likeness (QED) is 0.451. The molecule has 5 heteroatoms. The fourth-order valence-corrected chi connectivity index (χ4v) is 0.957. The van der Waals surface area contributed by atoms with Crippen LogP contribution in [0.15, 0.2) is 12.3 Å². The molecule has 0 aliphatic heterocycles. The van der Waals surface area contributed by atoms with Crippen molar-refractivity contribution in [2.45, 2.75) is 6.92 Å². The first-order valence-corrected chi connectivity index (χ1v) is 3.47. The lowest BCUT2D eigenvalue weighted by molar-refractivity contribution is 0.425. The highest BCUT2D eigenvalue weighted by atomic mass is 35.5. The summed E-state index contributed by atoms with van der Waals surface area (Å²) in [6, 6.07) is 1.43. The average Bonchev–Trinajstić information content (AvgIpc) is 1.94. The minimum atomic E-state index is -1.48. The first-order valence-electron chi connectivity index (χ1n) is 3.09. The predicted molar refractivity (Wildman–Crippen MR) is 43.8 cm³/mol. The SMILES string of the molecule is Cc1cnc(Cl)cc1B(O)O. The summed E-state index contributed by atoms with van der Waals surface area (Å²) in [4.78, 5) is 3.76. The number of nitrogens with zero attached hydrogens (tertiary/aromatic N) is 1. The number of aryl methyl sites for hydroxylation is 1. The highest BCUT2D eigenvalue weighted by molar-refractivity contribution is 6.59. The molecule has 1 heterocycles. The molecule has 0 atom stereocenters. The highest BCUT2D eigenvalue weighted by Crippen LogP contribution is 2.02. The van der Waals surface area contributed by atoms with Gasteiger partial charge in [-0.1, -0.05) is 11.6 Å². The number of hydrogen-bond acceptors (Lipinski definition) is 3. The Morgan fingerprint density at radius 2 is 2.18 bits per heavy atom. The second kappa shape index (κ2) is 3.22. The molecule has 0 saturated heterocycles. The van der Waals surface area contributed by atoms with Crippen LogP contribution in [0.25, 0.3) is 0 Å². The Hall–Kier alpha value is -0.575. The van der Waals surface area contributed by atoms with Gasteiger partial charge in [-0.25, -0.2) is 4.98 Å². The molecule has 0 fully saturated rings. The van der Waals surface area contributed by atoms with Gasteiger partial charge in [-0.05, 0) is 24.0 Å². The third-order valence-electron chi connectivity index (χ3n) is 1.39. The van der Waals surface area contributed by atoms with E-state index in [1.54, 1.807) is 6.92 Å². The topological polar surface area (TPSA) is 53.4 Å². The van der Waals surface area contributed by atoms with E-state index in [-0.39, 0.29) is 5.15 Å². The zero-order valence-corrected chi connectivity index (χ0v) is 6.71. The smallest absolute Gasteiger partial charge is 0.423 e. The van der Waals surface area contributed by atoms with Gasteiger partial charge >= 0.3 is 7.12 Å². The van der Waals surface area contributed by atoms with Crippen molar-refractivity contribution in [3.05, 3.63) is 23.0 Å². The van der Waals surface area contributed by atoms with Crippen LogP contribution in [-0.4, -0.2) is 22.2 Å². The summed E-state index contributed by atoms with van der Waals surface area (Å²) in [5, 5.41) is 17.9. The van der Waals surface area contributed by atoms with Crippen LogP contribution in [0.5, 0.6) is 0 Å². The van der Waals surface area contributed by atoms with Gasteiger partial charge in [0.25, 0.3) is 0 Å². The van der Waals surface area contributed by atoms with Crippen molar-refractivity contribution in [1.82, 2.24) is 4.98 Å². The average molecular weight is 171 g/mol. The minimum Gasteiger partial charge on any atom is -0.423 e. The number of rotatable bonds is 1. The van der Waals surface area contributed by atoms with Crippen LogP contribution in [-0.2, 0) is 0 Å². The second-order valence-electron chi connectivity index (χ2n) is 2.24. The van der Waals surface area contributed by atoms with E-state index in [4.69, 9.17) is 21.6 Å². The maximum Gasteiger partial charge on any atom is 0.488 e. The molecule has 0 amide bonds. The number of halogens is 1. The molecule has 0 aliphatic carbocycles. The van der Waals surface area contributed by atoms with Gasteiger partial charge in [-0.3, -0.25) is 0 Å². The Balaban J connectivity index is 3.13. The van der Waals surface area contributed by atoms with E-state index in [9.17, 15) is 0 Å². The highest BCUT2D eigenvalue weighted by Gasteiger charge is 2.14. The molecule has 0 aliphatic rings. The van der Waals surface area contributed by atoms with Gasteiger partial charge in [-0.15, -0.1) is 0 Å². The summed E-state index contributed by atoms with van der Waals surface area (Å²) < 4.78 is 0. The van der Waals surface area contributed by atoms with E-state index in [1.807, 2.05) is 0 Å². The predicted octanol–water partition coefficient (Wildman–Crippen LogP) is -0.277. The molecule has 0 spiro atoms. The zero-order valence-electron chi connectivity index (χ0n) is 5.95. The first-order chi connectivity index (χ1) is 5.11. The Bertz CT molecular complexity index is 267. The summed E-state index contributed by atoms with van der Waals surface area (Å²) in [6.45, 7) is 1.73. The van der Waals surface area contributed by atoms with Crippen molar-refractivity contribution in [2.24, 2.45) is 0 Å². The lowest BCUT2D eigenvalue weighted by Gasteiger charge is -2.02. The van der Waals surface area contributed by atoms with Gasteiger partial charge in [0, 0.05) is 6.20 Å². The van der Waals surface area contributed by atoms with E-state index in [0.717, 1.165) is 0 Å². The van der Waals surface area contributed by atoms with Crippen molar-refractivity contribution in [3.8, 4) is 0 Å². The third kappa shape index (κ3) is 1.93. The van der Waals surface area contributed by atoms with Crippen LogP contribution in [0.4, 0.5) is 0 Å². The van der Waals surface area contributed by atoms with Gasteiger partial charge in [0.15, 0.2) is 0 Å². The van der Waals surface area contributed by atoms with Gasteiger partial charge in [0.1, 0.15) is 5.15 Å². The van der Waals surface area contributed by atoms with E-state index in [1.165, 1.54) is 12.3 Å². The molecule has 1 aromatic rings. The maximum absolute atomic E-state index is 8.80. The summed E-state index contributed by atoms with van der Waals surface area (Å²) in [5.74, 6) is 0. The van der Waals surface area contributed by atoms with Crippen molar-refractivity contribution in [2.75, 3.05) is 0 Å². The Kier molecular flexibility index (Phi) is 2.49. The molecule has 0 radical (unpaired) electrons. The summed E-state index contributed by atoms with van der Waals surface area (Å²) >= 11 is 5.53. The van der Waals surface area contributed by atoms with Crippen molar-refractivity contribution < 1.29 is 10.0 Å². The van der Waals surface area contributed by atoms with Crippen LogP contribution in [0.1, 0.15) is 5.56 Å². The fourth-order valence-electron chi connectivity index (χ4n) is 0.791. The Labute approximate surface area is 69.8 Å². The van der Waals surface area contributed by atoms with E-state index >= 15 is 0 Å². The number of aromatic nitrogens is 1. The lowest BCUT2D eigenvalue weighted by atomic mass is 9.78. The standard InChI is InChI=1S/C6H7BClNO2/c1-4-3-9-6(8)2-5(4)7(10)11/h2-3,10-11H,1H3. The molecular weight excluding hydrogens is 164 g/mol. The normalized spacial score (nSPS) is 9.82. The molecule has 2 N–H and O–H groups in total. The fraction of sp³-hybridized carbons (Fsp3) is 0.167. The maximum atomic E-state index is 8.80. The van der Waals surface area contributed by atoms with Crippen LogP contribution >= 0.6 is 11.6 Å². The molecule has 1 aromatic heterocycles. The summed E-state index contributed by atoms with van der Waals surface area (Å²) in [7, 11) is -1.48. The molecule has 58 valence electrons. The monoisotopic (exact) mass is 171 g/mol. The number of pyridine rings is 1. The minimum absolute atomic E-state index is 0.263. The number of hydrogen-bond donors (Lipinski definition) is 2. The van der Waals surface area contributed by atoms with Gasteiger partial charge < -0.3 is 10.0 Å². The Morgan fingerprint density at radius 3 is 2.64 bits per heavy atom. The molecule has 0 aromatic carbocycles. The molecule has 1 rings (SSSR count). The van der Waals surface area contributed by atoms with E-state index in [2.05, 4.69) is 4.98 Å². The molecule has 0 saturated carbocycles. The molecule has 11 heavy (non-hydrogen) atoms. The van der Waals surface area contributed by atoms with Gasteiger partial charge in [0.05, 0.1) is 0 Å². The zero-order chi connectivity index (χ0) is 8.43. The van der Waals surface area contributed by atoms with Crippen LogP contribution < -0.4 is 5.46 Å². The molecule has 0 unspecified atom stereocenters. The van der Waals surface area contributed by atoms with Crippen LogP contribution in [0.3, 0.4) is 0 Å². The van der Waals surface area contributed by atoms with Crippen LogP contribution in [0.2, 0.25) is 5.15 Å². The van der Waals surface area contributed by atoms with Crippen LogP contribution in [0, 0.1) is 6.92 Å². The van der Waals surface area contributed by atoms with E-state index in [0.29, 0.717) is 11.0 Å². The second-order valence-corrected chi connectivity index (χ2v) is 2.62. The third-order valence-corrected chi connectivity index (χ3v) is 1.60. The van der Waals surface area contributed by atoms with Gasteiger partial charge in [-0.2, -0.15) is 0 Å².